The third-order valence-corrected chi connectivity index (χ3v) is 1.38. The molecule has 5 nitrogen and oxygen atoms in total. The summed E-state index contributed by atoms with van der Waals surface area (Å²) in [7, 11) is 0. The van der Waals surface area contributed by atoms with Crippen LogP contribution >= 0.6 is 0 Å². The molecule has 72 valence electrons. The number of nitro groups is 1. The van der Waals surface area contributed by atoms with Crippen molar-refractivity contribution in [2.45, 2.75) is 0 Å². The van der Waals surface area contributed by atoms with Gasteiger partial charge in [-0.15, -0.1) is 0 Å². The normalized spacial score (nSPS) is 9.29. The van der Waals surface area contributed by atoms with Gasteiger partial charge in [0.05, 0.1) is 11.0 Å². The van der Waals surface area contributed by atoms with Crippen LogP contribution in [-0.2, 0) is 4.79 Å². The van der Waals surface area contributed by atoms with Crippen LogP contribution in [-0.4, -0.2) is 11.0 Å². The summed E-state index contributed by atoms with van der Waals surface area (Å²) in [4.78, 5) is 21.6. The molecule has 0 bridgehead atoms. The number of halogens is 2. The standard InChI is InChI=1S/C7H2F2N2O3/c8-4-2-7(11(13)14)5(9)1-6(4)10-3-12/h1-2H. The fourth-order valence-corrected chi connectivity index (χ4v) is 0.801. The van der Waals surface area contributed by atoms with Crippen molar-refractivity contribution in [2.75, 3.05) is 0 Å². The van der Waals surface area contributed by atoms with Crippen molar-refractivity contribution in [1.82, 2.24) is 0 Å². The lowest BCUT2D eigenvalue weighted by atomic mass is 10.2. The Hall–Kier alpha value is -2.14. The summed E-state index contributed by atoms with van der Waals surface area (Å²) in [5.41, 5.74) is -1.63. The van der Waals surface area contributed by atoms with E-state index in [2.05, 4.69) is 4.99 Å². The van der Waals surface area contributed by atoms with Crippen LogP contribution in [0.25, 0.3) is 0 Å². The SMILES string of the molecule is O=C=Nc1cc(F)c([N+](=O)[O-])cc1F. The van der Waals surface area contributed by atoms with E-state index >= 15 is 0 Å². The van der Waals surface area contributed by atoms with Gasteiger partial charge < -0.3 is 0 Å². The van der Waals surface area contributed by atoms with Crippen LogP contribution in [0.4, 0.5) is 20.2 Å². The molecule has 0 aromatic heterocycles. The summed E-state index contributed by atoms with van der Waals surface area (Å²) < 4.78 is 25.6. The van der Waals surface area contributed by atoms with Gasteiger partial charge in [0.2, 0.25) is 11.9 Å². The molecule has 0 aliphatic carbocycles. The topological polar surface area (TPSA) is 72.6 Å². The Kier molecular flexibility index (Phi) is 2.64. The Balaban J connectivity index is 3.37. The van der Waals surface area contributed by atoms with Gasteiger partial charge in [-0.25, -0.2) is 9.18 Å². The zero-order valence-corrected chi connectivity index (χ0v) is 6.53. The zero-order valence-electron chi connectivity index (χ0n) is 6.53. The number of isocyanates is 1. The second-order valence-corrected chi connectivity index (χ2v) is 2.22. The van der Waals surface area contributed by atoms with E-state index in [0.717, 1.165) is 6.08 Å². The minimum atomic E-state index is -1.26. The van der Waals surface area contributed by atoms with Crippen LogP contribution in [0.15, 0.2) is 17.1 Å². The monoisotopic (exact) mass is 200 g/mol. The van der Waals surface area contributed by atoms with Crippen LogP contribution in [0.3, 0.4) is 0 Å². The third-order valence-electron chi connectivity index (χ3n) is 1.38. The highest BCUT2D eigenvalue weighted by atomic mass is 19.1. The Morgan fingerprint density at radius 2 is 2.00 bits per heavy atom. The lowest BCUT2D eigenvalue weighted by Crippen LogP contribution is -1.93. The molecular formula is C7H2F2N2O3. The molecule has 0 saturated carbocycles. The maximum Gasteiger partial charge on any atom is 0.307 e. The number of nitro benzene ring substituents is 1. The molecule has 0 aliphatic heterocycles. The average Bonchev–Trinajstić information content (AvgIpc) is 2.10. The van der Waals surface area contributed by atoms with Crippen LogP contribution < -0.4 is 0 Å². The molecule has 1 aromatic rings. The maximum atomic E-state index is 12.8. The van der Waals surface area contributed by atoms with Gasteiger partial charge in [-0.1, -0.05) is 0 Å². The summed E-state index contributed by atoms with van der Waals surface area (Å²) >= 11 is 0. The minimum absolute atomic E-state index is 0.353. The van der Waals surface area contributed by atoms with Crippen molar-refractivity contribution in [3.05, 3.63) is 33.9 Å². The first-order chi connectivity index (χ1) is 6.56. The lowest BCUT2D eigenvalue weighted by molar-refractivity contribution is -0.387. The molecule has 0 N–H and O–H groups in total. The number of nitrogens with zero attached hydrogens (tertiary/aromatic N) is 2. The summed E-state index contributed by atoms with van der Waals surface area (Å²) in [6, 6.07) is 0.809. The van der Waals surface area contributed by atoms with Crippen molar-refractivity contribution in [3.63, 3.8) is 0 Å². The van der Waals surface area contributed by atoms with Crippen molar-refractivity contribution in [2.24, 2.45) is 4.99 Å². The first kappa shape index (κ1) is 9.94. The van der Waals surface area contributed by atoms with Gasteiger partial charge in [0, 0.05) is 6.07 Å². The average molecular weight is 200 g/mol. The molecular weight excluding hydrogens is 198 g/mol. The van der Waals surface area contributed by atoms with Crippen molar-refractivity contribution in [3.8, 4) is 0 Å². The molecule has 0 unspecified atom stereocenters. The lowest BCUT2D eigenvalue weighted by Gasteiger charge is -1.96. The van der Waals surface area contributed by atoms with E-state index in [1.54, 1.807) is 0 Å². The Bertz CT molecular complexity index is 413. The predicted molar refractivity (Wildman–Crippen MR) is 40.8 cm³/mol. The number of hydrogen-bond donors (Lipinski definition) is 0. The van der Waals surface area contributed by atoms with Crippen LogP contribution in [0.1, 0.15) is 0 Å². The van der Waals surface area contributed by atoms with E-state index in [-0.39, 0.29) is 0 Å². The Morgan fingerprint density at radius 1 is 1.36 bits per heavy atom. The van der Waals surface area contributed by atoms with E-state index in [4.69, 9.17) is 0 Å². The highest BCUT2D eigenvalue weighted by molar-refractivity contribution is 5.53. The number of rotatable bonds is 2. The molecule has 0 aliphatic rings. The fraction of sp³-hybridized carbons (Fsp3) is 0. The van der Waals surface area contributed by atoms with Crippen molar-refractivity contribution < 1.29 is 18.5 Å². The first-order valence-electron chi connectivity index (χ1n) is 3.27. The Labute approximate surface area is 75.8 Å². The smallest absolute Gasteiger partial charge is 0.258 e. The highest BCUT2D eigenvalue weighted by Crippen LogP contribution is 2.25. The van der Waals surface area contributed by atoms with Gasteiger partial charge in [-0.3, -0.25) is 10.1 Å². The van der Waals surface area contributed by atoms with E-state index in [1.807, 2.05) is 0 Å². The second kappa shape index (κ2) is 3.71. The molecule has 14 heavy (non-hydrogen) atoms. The highest BCUT2D eigenvalue weighted by Gasteiger charge is 2.18. The van der Waals surface area contributed by atoms with Crippen LogP contribution in [0.2, 0.25) is 0 Å². The molecule has 1 rings (SSSR count). The van der Waals surface area contributed by atoms with Gasteiger partial charge >= 0.3 is 5.69 Å². The molecule has 0 heterocycles. The molecule has 0 radical (unpaired) electrons. The maximum absolute atomic E-state index is 12.8. The van der Waals surface area contributed by atoms with Crippen LogP contribution in [0.5, 0.6) is 0 Å². The van der Waals surface area contributed by atoms with Gasteiger partial charge in [-0.05, 0) is 0 Å². The van der Waals surface area contributed by atoms with E-state index in [0.29, 0.717) is 12.1 Å². The molecule has 0 amide bonds. The summed E-state index contributed by atoms with van der Waals surface area (Å²) in [6.07, 6.45) is 0.999. The summed E-state index contributed by atoms with van der Waals surface area (Å²) in [5.74, 6) is -2.41. The summed E-state index contributed by atoms with van der Waals surface area (Å²) in [6.45, 7) is 0. The quantitative estimate of drug-likeness (QED) is 0.316. The summed E-state index contributed by atoms with van der Waals surface area (Å²) in [5, 5.41) is 10.1. The number of benzene rings is 1. The number of carbonyl (C=O) groups excluding carboxylic acids is 1. The molecule has 1 aromatic carbocycles. The molecule has 7 heteroatoms. The molecule has 0 spiro atoms. The third kappa shape index (κ3) is 1.78. The van der Waals surface area contributed by atoms with Gasteiger partial charge in [-0.2, -0.15) is 9.38 Å². The van der Waals surface area contributed by atoms with E-state index < -0.39 is 27.9 Å². The van der Waals surface area contributed by atoms with Gasteiger partial charge in [0.25, 0.3) is 0 Å². The van der Waals surface area contributed by atoms with Crippen LogP contribution in [0, 0.1) is 21.7 Å². The van der Waals surface area contributed by atoms with Gasteiger partial charge in [0.15, 0.2) is 5.82 Å². The first-order valence-corrected chi connectivity index (χ1v) is 3.27. The number of hydrogen-bond acceptors (Lipinski definition) is 4. The Morgan fingerprint density at radius 3 is 2.50 bits per heavy atom. The minimum Gasteiger partial charge on any atom is -0.258 e. The predicted octanol–water partition coefficient (Wildman–Crippen LogP) is 1.84. The molecule has 0 saturated heterocycles. The van der Waals surface area contributed by atoms with Crippen molar-refractivity contribution in [1.29, 1.82) is 0 Å². The second-order valence-electron chi connectivity index (χ2n) is 2.22. The van der Waals surface area contributed by atoms with Crippen molar-refractivity contribution >= 4 is 17.5 Å². The fourth-order valence-electron chi connectivity index (χ4n) is 0.801. The van der Waals surface area contributed by atoms with E-state index in [1.165, 1.54) is 0 Å². The van der Waals surface area contributed by atoms with E-state index in [9.17, 15) is 23.7 Å². The largest absolute Gasteiger partial charge is 0.307 e. The van der Waals surface area contributed by atoms with Gasteiger partial charge in [0.1, 0.15) is 5.69 Å². The molecule has 0 atom stereocenters. The molecule has 0 fully saturated rings. The number of aliphatic imine (C=N–C) groups is 1. The zero-order chi connectivity index (χ0) is 10.7.